The molecule has 0 saturated heterocycles. The molecule has 2 rings (SSSR count). The molecule has 1 aromatic rings. The summed E-state index contributed by atoms with van der Waals surface area (Å²) in [6.45, 7) is 2.08. The first-order chi connectivity index (χ1) is 9.72. The molecule has 1 atom stereocenters. The van der Waals surface area contributed by atoms with Crippen LogP contribution < -0.4 is 0 Å². The van der Waals surface area contributed by atoms with Crippen LogP contribution >= 0.6 is 15.9 Å². The molecule has 0 bridgehead atoms. The molecule has 1 unspecified atom stereocenters. The first kappa shape index (κ1) is 16.0. The Kier molecular flexibility index (Phi) is 6.49. The van der Waals surface area contributed by atoms with E-state index >= 15 is 0 Å². The predicted molar refractivity (Wildman–Crippen MR) is 84.6 cm³/mol. The van der Waals surface area contributed by atoms with E-state index < -0.39 is 6.10 Å². The Hall–Kier alpha value is -0.420. The fourth-order valence-electron chi connectivity index (χ4n) is 2.69. The highest BCUT2D eigenvalue weighted by Gasteiger charge is 2.25. The standard InChI is InChI=1S/C16H24BrNO2/c17-15-8-2-1-7-14(15)16(20)9-11-18(10-4-12-19)13-5-3-6-13/h1-2,7-8,13,16,19-20H,3-6,9-12H2. The highest BCUT2D eigenvalue weighted by atomic mass is 79.9. The SMILES string of the molecule is OCCCN(CCC(O)c1ccccc1Br)C1CCC1. The maximum absolute atomic E-state index is 10.3. The molecule has 1 saturated carbocycles. The van der Waals surface area contributed by atoms with E-state index in [1.54, 1.807) is 0 Å². The van der Waals surface area contributed by atoms with Crippen LogP contribution in [0.4, 0.5) is 0 Å². The van der Waals surface area contributed by atoms with Gasteiger partial charge in [-0.05, 0) is 37.3 Å². The van der Waals surface area contributed by atoms with Crippen LogP contribution in [0.3, 0.4) is 0 Å². The van der Waals surface area contributed by atoms with Gasteiger partial charge in [-0.2, -0.15) is 0 Å². The molecular formula is C16H24BrNO2. The first-order valence-electron chi connectivity index (χ1n) is 7.49. The Morgan fingerprint density at radius 2 is 2.00 bits per heavy atom. The van der Waals surface area contributed by atoms with Crippen LogP contribution in [-0.4, -0.2) is 40.9 Å². The molecule has 1 fully saturated rings. The van der Waals surface area contributed by atoms with Gasteiger partial charge in [0.1, 0.15) is 0 Å². The van der Waals surface area contributed by atoms with Crippen LogP contribution in [-0.2, 0) is 0 Å². The molecule has 4 heteroatoms. The Morgan fingerprint density at radius 3 is 2.60 bits per heavy atom. The van der Waals surface area contributed by atoms with Crippen molar-refractivity contribution in [1.82, 2.24) is 4.90 Å². The van der Waals surface area contributed by atoms with Gasteiger partial charge in [0.15, 0.2) is 0 Å². The molecule has 112 valence electrons. The molecule has 0 aromatic heterocycles. The van der Waals surface area contributed by atoms with Gasteiger partial charge in [-0.15, -0.1) is 0 Å². The average molecular weight is 342 g/mol. The summed E-state index contributed by atoms with van der Waals surface area (Å²) in [7, 11) is 0. The van der Waals surface area contributed by atoms with Gasteiger partial charge in [-0.1, -0.05) is 40.5 Å². The van der Waals surface area contributed by atoms with Crippen LogP contribution in [0.25, 0.3) is 0 Å². The number of hydrogen-bond acceptors (Lipinski definition) is 3. The Bertz CT molecular complexity index is 409. The van der Waals surface area contributed by atoms with Crippen molar-refractivity contribution in [3.63, 3.8) is 0 Å². The van der Waals surface area contributed by atoms with Crippen molar-refractivity contribution in [3.05, 3.63) is 34.3 Å². The maximum atomic E-state index is 10.3. The summed E-state index contributed by atoms with van der Waals surface area (Å²) in [5, 5.41) is 19.3. The lowest BCUT2D eigenvalue weighted by molar-refractivity contribution is 0.0862. The van der Waals surface area contributed by atoms with E-state index in [4.69, 9.17) is 5.11 Å². The normalized spacial score (nSPS) is 17.2. The fourth-order valence-corrected chi connectivity index (χ4v) is 3.24. The highest BCUT2D eigenvalue weighted by molar-refractivity contribution is 9.10. The molecule has 0 amide bonds. The van der Waals surface area contributed by atoms with Gasteiger partial charge in [0.2, 0.25) is 0 Å². The number of halogens is 1. The molecule has 3 nitrogen and oxygen atoms in total. The van der Waals surface area contributed by atoms with E-state index in [1.165, 1.54) is 19.3 Å². The fraction of sp³-hybridized carbons (Fsp3) is 0.625. The first-order valence-corrected chi connectivity index (χ1v) is 8.29. The monoisotopic (exact) mass is 341 g/mol. The second-order valence-corrected chi connectivity index (χ2v) is 6.38. The van der Waals surface area contributed by atoms with Crippen molar-refractivity contribution in [1.29, 1.82) is 0 Å². The Labute approximate surface area is 129 Å². The summed E-state index contributed by atoms with van der Waals surface area (Å²) in [5.41, 5.74) is 0.961. The van der Waals surface area contributed by atoms with Crippen LogP contribution in [0, 0.1) is 0 Å². The van der Waals surface area contributed by atoms with Gasteiger partial charge in [0, 0.05) is 30.2 Å². The van der Waals surface area contributed by atoms with Crippen molar-refractivity contribution < 1.29 is 10.2 Å². The van der Waals surface area contributed by atoms with Crippen molar-refractivity contribution in [2.75, 3.05) is 19.7 Å². The van der Waals surface area contributed by atoms with E-state index in [-0.39, 0.29) is 6.61 Å². The lowest BCUT2D eigenvalue weighted by atomic mass is 9.91. The van der Waals surface area contributed by atoms with Crippen LogP contribution in [0.5, 0.6) is 0 Å². The van der Waals surface area contributed by atoms with Gasteiger partial charge in [0.05, 0.1) is 6.10 Å². The largest absolute Gasteiger partial charge is 0.396 e. The number of benzene rings is 1. The summed E-state index contributed by atoms with van der Waals surface area (Å²) in [5.74, 6) is 0. The quantitative estimate of drug-likeness (QED) is 0.763. The van der Waals surface area contributed by atoms with Gasteiger partial charge in [-0.3, -0.25) is 0 Å². The molecular weight excluding hydrogens is 318 g/mol. The lowest BCUT2D eigenvalue weighted by Gasteiger charge is -2.38. The molecule has 0 radical (unpaired) electrons. The molecule has 0 spiro atoms. The number of nitrogens with zero attached hydrogens (tertiary/aromatic N) is 1. The Morgan fingerprint density at radius 1 is 1.25 bits per heavy atom. The zero-order chi connectivity index (χ0) is 14.4. The van der Waals surface area contributed by atoms with Crippen molar-refractivity contribution in [3.8, 4) is 0 Å². The molecule has 20 heavy (non-hydrogen) atoms. The predicted octanol–water partition coefficient (Wildman–Crippen LogP) is 3.11. The zero-order valence-corrected chi connectivity index (χ0v) is 13.4. The molecule has 2 N–H and O–H groups in total. The third-order valence-corrected chi connectivity index (χ3v) is 4.87. The summed E-state index contributed by atoms with van der Waals surface area (Å²) in [4.78, 5) is 2.43. The van der Waals surface area contributed by atoms with Crippen molar-refractivity contribution >= 4 is 15.9 Å². The molecule has 0 heterocycles. The number of rotatable bonds is 8. The minimum Gasteiger partial charge on any atom is -0.396 e. The smallest absolute Gasteiger partial charge is 0.0813 e. The minimum atomic E-state index is -0.428. The molecule has 1 aliphatic carbocycles. The summed E-state index contributed by atoms with van der Waals surface area (Å²) >= 11 is 3.49. The highest BCUT2D eigenvalue weighted by Crippen LogP contribution is 2.28. The number of aliphatic hydroxyl groups is 2. The third-order valence-electron chi connectivity index (χ3n) is 4.15. The Balaban J connectivity index is 1.86. The van der Waals surface area contributed by atoms with Gasteiger partial charge >= 0.3 is 0 Å². The van der Waals surface area contributed by atoms with Crippen molar-refractivity contribution in [2.24, 2.45) is 0 Å². The van der Waals surface area contributed by atoms with E-state index in [1.807, 2.05) is 24.3 Å². The lowest BCUT2D eigenvalue weighted by Crippen LogP contribution is -2.41. The van der Waals surface area contributed by atoms with E-state index in [0.29, 0.717) is 6.04 Å². The van der Waals surface area contributed by atoms with Crippen LogP contribution in [0.1, 0.15) is 43.8 Å². The van der Waals surface area contributed by atoms with Gasteiger partial charge < -0.3 is 15.1 Å². The molecule has 0 aliphatic heterocycles. The average Bonchev–Trinajstić information content (AvgIpc) is 2.39. The van der Waals surface area contributed by atoms with Gasteiger partial charge in [0.25, 0.3) is 0 Å². The topological polar surface area (TPSA) is 43.7 Å². The number of hydrogen-bond donors (Lipinski definition) is 2. The third kappa shape index (κ3) is 4.29. The molecule has 1 aliphatic rings. The summed E-state index contributed by atoms with van der Waals surface area (Å²) in [6.07, 6.45) is 4.97. The summed E-state index contributed by atoms with van der Waals surface area (Å²) in [6, 6.07) is 8.51. The number of aliphatic hydroxyl groups excluding tert-OH is 2. The van der Waals surface area contributed by atoms with Crippen molar-refractivity contribution in [2.45, 2.75) is 44.2 Å². The molecule has 1 aromatic carbocycles. The zero-order valence-electron chi connectivity index (χ0n) is 11.8. The van der Waals surface area contributed by atoms with E-state index in [0.717, 1.165) is 36.0 Å². The van der Waals surface area contributed by atoms with Gasteiger partial charge in [-0.25, -0.2) is 0 Å². The van der Waals surface area contributed by atoms with E-state index in [2.05, 4.69) is 20.8 Å². The maximum Gasteiger partial charge on any atom is 0.0813 e. The second kappa shape index (κ2) is 8.13. The minimum absolute atomic E-state index is 0.246. The van der Waals surface area contributed by atoms with E-state index in [9.17, 15) is 5.11 Å². The second-order valence-electron chi connectivity index (χ2n) is 5.52. The summed E-state index contributed by atoms with van der Waals surface area (Å²) < 4.78 is 0.970. The van der Waals surface area contributed by atoms with Crippen LogP contribution in [0.15, 0.2) is 28.7 Å². The van der Waals surface area contributed by atoms with Crippen LogP contribution in [0.2, 0.25) is 0 Å².